The summed E-state index contributed by atoms with van der Waals surface area (Å²) in [5.41, 5.74) is 0. The van der Waals surface area contributed by atoms with Gasteiger partial charge in [0.25, 0.3) is 0 Å². The van der Waals surface area contributed by atoms with Crippen LogP contribution >= 0.6 is 0 Å². The number of nitrogens with zero attached hydrogens (tertiary/aromatic N) is 1. The summed E-state index contributed by atoms with van der Waals surface area (Å²) in [5.74, 6) is 3.76. The van der Waals surface area contributed by atoms with Crippen LogP contribution in [0.3, 0.4) is 0 Å². The third kappa shape index (κ3) is 3.33. The first kappa shape index (κ1) is 16.3. The molecule has 4 heteroatoms. The molecule has 4 aliphatic carbocycles. The summed E-state index contributed by atoms with van der Waals surface area (Å²) in [5, 5.41) is 0. The average molecular weight is 309 g/mol. The van der Waals surface area contributed by atoms with Gasteiger partial charge >= 0.3 is 0 Å². The Hall–Kier alpha value is -0.610. The van der Waals surface area contributed by atoms with Gasteiger partial charge in [0, 0.05) is 19.7 Å². The molecule has 0 radical (unpaired) electrons. The predicted molar refractivity (Wildman–Crippen MR) is 85.5 cm³/mol. The Morgan fingerprint density at radius 1 is 1.00 bits per heavy atom. The lowest BCUT2D eigenvalue weighted by Crippen LogP contribution is -2.57. The molecule has 4 fully saturated rings. The van der Waals surface area contributed by atoms with Gasteiger partial charge in [-0.3, -0.25) is 4.79 Å². The van der Waals surface area contributed by atoms with Crippen molar-refractivity contribution in [3.05, 3.63) is 0 Å². The molecule has 0 aromatic heterocycles. The van der Waals surface area contributed by atoms with Gasteiger partial charge in [-0.15, -0.1) is 0 Å². The van der Waals surface area contributed by atoms with E-state index in [0.29, 0.717) is 32.3 Å². The Labute approximate surface area is 134 Å². The largest absolute Gasteiger partial charge is 0.382 e. The molecule has 4 nitrogen and oxygen atoms in total. The zero-order chi connectivity index (χ0) is 15.5. The molecule has 0 N–H and O–H groups in total. The minimum atomic E-state index is 0.289. The Morgan fingerprint density at radius 2 is 1.64 bits per heavy atom. The Morgan fingerprint density at radius 3 is 2.18 bits per heavy atom. The van der Waals surface area contributed by atoms with E-state index in [-0.39, 0.29) is 5.91 Å². The van der Waals surface area contributed by atoms with Gasteiger partial charge in [0.05, 0.1) is 26.2 Å². The molecule has 4 rings (SSSR count). The van der Waals surface area contributed by atoms with Gasteiger partial charge in [-0.25, -0.2) is 0 Å². The monoisotopic (exact) mass is 309 g/mol. The molecule has 0 aliphatic heterocycles. The molecular formula is C18H31NO3. The maximum absolute atomic E-state index is 12.6. The van der Waals surface area contributed by atoms with Crippen LogP contribution in [0.5, 0.6) is 0 Å². The molecule has 0 atom stereocenters. The van der Waals surface area contributed by atoms with Crippen molar-refractivity contribution >= 4 is 5.91 Å². The van der Waals surface area contributed by atoms with E-state index in [4.69, 9.17) is 9.47 Å². The highest BCUT2D eigenvalue weighted by Crippen LogP contribution is 2.55. The van der Waals surface area contributed by atoms with Crippen LogP contribution in [0.4, 0.5) is 0 Å². The van der Waals surface area contributed by atoms with Crippen LogP contribution in [-0.4, -0.2) is 50.3 Å². The molecule has 0 aromatic carbocycles. The van der Waals surface area contributed by atoms with Crippen molar-refractivity contribution in [2.24, 2.45) is 23.7 Å². The number of carbonyl (C=O) groups is 1. The van der Waals surface area contributed by atoms with Crippen molar-refractivity contribution in [2.45, 2.75) is 51.5 Å². The minimum Gasteiger partial charge on any atom is -0.382 e. The fraction of sp³-hybridized carbons (Fsp3) is 0.944. The van der Waals surface area contributed by atoms with Crippen molar-refractivity contribution in [3.8, 4) is 0 Å². The Balaban J connectivity index is 1.53. The lowest BCUT2D eigenvalue weighted by molar-refractivity contribution is -0.144. The van der Waals surface area contributed by atoms with Crippen LogP contribution in [0.1, 0.15) is 45.4 Å². The molecule has 22 heavy (non-hydrogen) atoms. The van der Waals surface area contributed by atoms with Crippen LogP contribution < -0.4 is 0 Å². The van der Waals surface area contributed by atoms with Gasteiger partial charge in [-0.05, 0) is 62.7 Å². The van der Waals surface area contributed by atoms with Crippen LogP contribution in [0, 0.1) is 23.7 Å². The zero-order valence-electron chi connectivity index (χ0n) is 14.1. The summed E-state index contributed by atoms with van der Waals surface area (Å²) >= 11 is 0. The maximum Gasteiger partial charge on any atom is 0.225 e. The smallest absolute Gasteiger partial charge is 0.225 e. The number of rotatable bonds is 8. The molecule has 0 unspecified atom stereocenters. The number of hydrogen-bond acceptors (Lipinski definition) is 3. The molecule has 126 valence electrons. The number of carbonyl (C=O) groups excluding carboxylic acids is 1. The fourth-order valence-corrected chi connectivity index (χ4v) is 5.51. The fourth-order valence-electron chi connectivity index (χ4n) is 5.51. The lowest BCUT2D eigenvalue weighted by atomic mass is 9.54. The van der Waals surface area contributed by atoms with E-state index in [0.717, 1.165) is 30.2 Å². The zero-order valence-corrected chi connectivity index (χ0v) is 14.1. The third-order valence-electron chi connectivity index (χ3n) is 6.09. The van der Waals surface area contributed by atoms with Gasteiger partial charge in [0.15, 0.2) is 0 Å². The van der Waals surface area contributed by atoms with Crippen molar-refractivity contribution in [1.82, 2.24) is 4.90 Å². The third-order valence-corrected chi connectivity index (χ3v) is 6.09. The number of ether oxygens (including phenoxy) is 2. The van der Waals surface area contributed by atoms with Gasteiger partial charge in [0.1, 0.15) is 0 Å². The van der Waals surface area contributed by atoms with Crippen molar-refractivity contribution in [3.63, 3.8) is 0 Å². The van der Waals surface area contributed by atoms with Crippen molar-refractivity contribution in [2.75, 3.05) is 33.5 Å². The first-order valence-electron chi connectivity index (χ1n) is 9.09. The Bertz CT molecular complexity index is 357. The first-order chi connectivity index (χ1) is 10.7. The summed E-state index contributed by atoms with van der Waals surface area (Å²) in [6, 6.07) is 0.518. The van der Waals surface area contributed by atoms with Crippen LogP contribution in [0.25, 0.3) is 0 Å². The second kappa shape index (κ2) is 7.31. The summed E-state index contributed by atoms with van der Waals surface area (Å²) in [4.78, 5) is 14.8. The average Bonchev–Trinajstić information content (AvgIpc) is 2.49. The van der Waals surface area contributed by atoms with Gasteiger partial charge in [-0.1, -0.05) is 0 Å². The van der Waals surface area contributed by atoms with Gasteiger partial charge in [0.2, 0.25) is 5.91 Å². The number of methoxy groups -OCH3 is 1. The van der Waals surface area contributed by atoms with E-state index in [1.54, 1.807) is 7.11 Å². The van der Waals surface area contributed by atoms with E-state index in [1.165, 1.54) is 32.1 Å². The van der Waals surface area contributed by atoms with Crippen LogP contribution in [0.2, 0.25) is 0 Å². The number of amides is 1. The van der Waals surface area contributed by atoms with Gasteiger partial charge in [-0.2, -0.15) is 0 Å². The summed E-state index contributed by atoms with van der Waals surface area (Å²) in [6.45, 7) is 4.68. The molecule has 4 saturated carbocycles. The molecule has 4 aliphatic rings. The first-order valence-corrected chi connectivity index (χ1v) is 9.09. The van der Waals surface area contributed by atoms with Crippen LogP contribution in [0.15, 0.2) is 0 Å². The minimum absolute atomic E-state index is 0.289. The second-order valence-corrected chi connectivity index (χ2v) is 7.46. The predicted octanol–water partition coefficient (Wildman–Crippen LogP) is 2.71. The summed E-state index contributed by atoms with van der Waals surface area (Å²) in [7, 11) is 1.67. The maximum atomic E-state index is 12.6. The number of hydrogen-bond donors (Lipinski definition) is 0. The highest BCUT2D eigenvalue weighted by molar-refractivity contribution is 5.76. The quantitative estimate of drug-likeness (QED) is 0.647. The Kier molecular flexibility index (Phi) is 5.40. The molecule has 0 heterocycles. The summed E-state index contributed by atoms with van der Waals surface area (Å²) < 4.78 is 10.4. The standard InChI is InChI=1S/C18H31NO3/c1-3-19(17(20)4-5-22-7-6-21-2)18-15-9-13-8-14(11-15)12-16(18)10-13/h13-16,18H,3-12H2,1-2H3. The van der Waals surface area contributed by atoms with E-state index in [9.17, 15) is 4.79 Å². The lowest BCUT2D eigenvalue weighted by Gasteiger charge is -2.57. The second-order valence-electron chi connectivity index (χ2n) is 7.46. The highest BCUT2D eigenvalue weighted by atomic mass is 16.5. The molecule has 0 spiro atoms. The van der Waals surface area contributed by atoms with Crippen molar-refractivity contribution < 1.29 is 14.3 Å². The molecule has 4 bridgehead atoms. The molecule has 0 saturated heterocycles. The highest BCUT2D eigenvalue weighted by Gasteiger charge is 2.50. The van der Waals surface area contributed by atoms with E-state index >= 15 is 0 Å². The van der Waals surface area contributed by atoms with Gasteiger partial charge < -0.3 is 14.4 Å². The topological polar surface area (TPSA) is 38.8 Å². The SMILES string of the molecule is CCN(C(=O)CCOCCOC)C1C2CC3CC(C2)CC1C3. The van der Waals surface area contributed by atoms with E-state index < -0.39 is 0 Å². The molecule has 1 amide bonds. The molecular weight excluding hydrogens is 278 g/mol. The normalized spacial score (nSPS) is 35.8. The summed E-state index contributed by atoms with van der Waals surface area (Å²) in [6.07, 6.45) is 7.45. The molecule has 0 aromatic rings. The van der Waals surface area contributed by atoms with E-state index in [1.807, 2.05) is 0 Å². The van der Waals surface area contributed by atoms with Crippen molar-refractivity contribution in [1.29, 1.82) is 0 Å². The van der Waals surface area contributed by atoms with Crippen LogP contribution in [-0.2, 0) is 14.3 Å². The van der Waals surface area contributed by atoms with E-state index in [2.05, 4.69) is 11.8 Å².